The van der Waals surface area contributed by atoms with Gasteiger partial charge in [-0.15, -0.1) is 0 Å². The van der Waals surface area contributed by atoms with Crippen molar-refractivity contribution in [3.05, 3.63) is 64.7 Å². The smallest absolute Gasteiger partial charge is 0.181 e. The lowest BCUT2D eigenvalue weighted by Gasteiger charge is -2.12. The van der Waals surface area contributed by atoms with E-state index in [0.29, 0.717) is 6.54 Å². The van der Waals surface area contributed by atoms with Gasteiger partial charge in [-0.25, -0.2) is 8.78 Å². The van der Waals surface area contributed by atoms with Gasteiger partial charge in [0.25, 0.3) is 0 Å². The van der Waals surface area contributed by atoms with E-state index in [2.05, 4.69) is 5.32 Å². The van der Waals surface area contributed by atoms with Crippen LogP contribution in [0.2, 0.25) is 0 Å². The Morgan fingerprint density at radius 2 is 1.56 bits per heavy atom. The molecule has 0 saturated carbocycles. The summed E-state index contributed by atoms with van der Waals surface area (Å²) < 4.78 is 26.5. The van der Waals surface area contributed by atoms with E-state index in [9.17, 15) is 8.78 Å². The first-order chi connectivity index (χ1) is 8.59. The van der Waals surface area contributed by atoms with Gasteiger partial charge in [0.1, 0.15) is 0 Å². The Labute approximate surface area is 105 Å². The van der Waals surface area contributed by atoms with Gasteiger partial charge in [0.2, 0.25) is 0 Å². The van der Waals surface area contributed by atoms with Crippen LogP contribution in [0, 0.1) is 25.5 Å². The third kappa shape index (κ3) is 2.50. The molecule has 0 aliphatic rings. The molecule has 18 heavy (non-hydrogen) atoms. The highest BCUT2D eigenvalue weighted by Crippen LogP contribution is 2.19. The molecule has 94 valence electrons. The summed E-state index contributed by atoms with van der Waals surface area (Å²) in [5.41, 5.74) is 3.58. The molecule has 1 N–H and O–H groups in total. The Morgan fingerprint density at radius 3 is 2.22 bits per heavy atom. The fourth-order valence-corrected chi connectivity index (χ4v) is 1.95. The van der Waals surface area contributed by atoms with Crippen LogP contribution in [0.5, 0.6) is 0 Å². The average Bonchev–Trinajstić information content (AvgIpc) is 2.33. The molecule has 0 aliphatic carbocycles. The second-order valence-corrected chi connectivity index (χ2v) is 4.33. The van der Waals surface area contributed by atoms with E-state index in [0.717, 1.165) is 22.8 Å². The summed E-state index contributed by atoms with van der Waals surface area (Å²) in [6.07, 6.45) is 0. The summed E-state index contributed by atoms with van der Waals surface area (Å²) in [7, 11) is 0. The van der Waals surface area contributed by atoms with Gasteiger partial charge in [-0.1, -0.05) is 24.3 Å². The highest BCUT2D eigenvalue weighted by atomic mass is 19.2. The van der Waals surface area contributed by atoms with Crippen LogP contribution >= 0.6 is 0 Å². The lowest BCUT2D eigenvalue weighted by molar-refractivity contribution is 0.511. The molecule has 3 heteroatoms. The molecular formula is C15H15F2N. The van der Waals surface area contributed by atoms with Crippen molar-refractivity contribution in [2.24, 2.45) is 0 Å². The molecule has 0 atom stereocenters. The standard InChI is InChI=1S/C15H15F2N/c1-10-5-3-6-11(2)12(10)9-18-14-8-4-7-13(16)15(14)17/h3-8,18H,9H2,1-2H3. The molecule has 0 radical (unpaired) electrons. The third-order valence-corrected chi connectivity index (χ3v) is 3.05. The highest BCUT2D eigenvalue weighted by Gasteiger charge is 2.08. The molecule has 0 amide bonds. The maximum absolute atomic E-state index is 13.5. The molecule has 0 fully saturated rings. The minimum Gasteiger partial charge on any atom is -0.378 e. The van der Waals surface area contributed by atoms with Crippen LogP contribution in [0.25, 0.3) is 0 Å². The van der Waals surface area contributed by atoms with Gasteiger partial charge in [0.15, 0.2) is 11.6 Å². The molecule has 0 unspecified atom stereocenters. The zero-order valence-corrected chi connectivity index (χ0v) is 10.4. The number of rotatable bonds is 3. The fraction of sp³-hybridized carbons (Fsp3) is 0.200. The summed E-state index contributed by atoms with van der Waals surface area (Å²) in [5, 5.41) is 2.94. The fourth-order valence-electron chi connectivity index (χ4n) is 1.95. The Kier molecular flexibility index (Phi) is 3.60. The first kappa shape index (κ1) is 12.6. The first-order valence-electron chi connectivity index (χ1n) is 5.82. The van der Waals surface area contributed by atoms with E-state index in [1.165, 1.54) is 12.1 Å². The van der Waals surface area contributed by atoms with Gasteiger partial charge in [-0.2, -0.15) is 0 Å². The van der Waals surface area contributed by atoms with Crippen LogP contribution in [0.3, 0.4) is 0 Å². The van der Waals surface area contributed by atoms with Crippen molar-refractivity contribution < 1.29 is 8.78 Å². The molecule has 0 heterocycles. The predicted molar refractivity (Wildman–Crippen MR) is 69.6 cm³/mol. The molecular weight excluding hydrogens is 232 g/mol. The Morgan fingerprint density at radius 1 is 0.944 bits per heavy atom. The second kappa shape index (κ2) is 5.17. The van der Waals surface area contributed by atoms with E-state index in [-0.39, 0.29) is 5.69 Å². The summed E-state index contributed by atoms with van der Waals surface area (Å²) >= 11 is 0. The van der Waals surface area contributed by atoms with E-state index in [4.69, 9.17) is 0 Å². The van der Waals surface area contributed by atoms with Gasteiger partial charge in [-0.3, -0.25) is 0 Å². The first-order valence-corrected chi connectivity index (χ1v) is 5.82. The zero-order chi connectivity index (χ0) is 13.1. The molecule has 2 aromatic carbocycles. The van der Waals surface area contributed by atoms with Crippen LogP contribution in [0.1, 0.15) is 16.7 Å². The van der Waals surface area contributed by atoms with Gasteiger partial charge in [-0.05, 0) is 42.7 Å². The van der Waals surface area contributed by atoms with E-state index in [1.54, 1.807) is 0 Å². The normalized spacial score (nSPS) is 10.4. The number of benzene rings is 2. The quantitative estimate of drug-likeness (QED) is 0.857. The Balaban J connectivity index is 2.19. The average molecular weight is 247 g/mol. The summed E-state index contributed by atoms with van der Waals surface area (Å²) in [4.78, 5) is 0. The number of anilines is 1. The molecule has 0 saturated heterocycles. The second-order valence-electron chi connectivity index (χ2n) is 4.33. The van der Waals surface area contributed by atoms with Gasteiger partial charge in [0.05, 0.1) is 5.69 Å². The topological polar surface area (TPSA) is 12.0 Å². The predicted octanol–water partition coefficient (Wildman–Crippen LogP) is 4.19. The maximum Gasteiger partial charge on any atom is 0.181 e. The summed E-state index contributed by atoms with van der Waals surface area (Å²) in [6.45, 7) is 4.50. The SMILES string of the molecule is Cc1cccc(C)c1CNc1cccc(F)c1F. The maximum atomic E-state index is 13.5. The summed E-state index contributed by atoms with van der Waals surface area (Å²) in [5.74, 6) is -1.66. The van der Waals surface area contributed by atoms with Gasteiger partial charge in [0, 0.05) is 6.54 Å². The molecule has 0 aromatic heterocycles. The van der Waals surface area contributed by atoms with Crippen molar-refractivity contribution >= 4 is 5.69 Å². The Bertz CT molecular complexity index is 544. The number of hydrogen-bond acceptors (Lipinski definition) is 1. The van der Waals surface area contributed by atoms with Crippen LogP contribution in [0.15, 0.2) is 36.4 Å². The largest absolute Gasteiger partial charge is 0.378 e. The number of aryl methyl sites for hydroxylation is 2. The molecule has 2 rings (SSSR count). The molecule has 2 aromatic rings. The van der Waals surface area contributed by atoms with Crippen molar-refractivity contribution in [1.82, 2.24) is 0 Å². The lowest BCUT2D eigenvalue weighted by Crippen LogP contribution is -2.05. The summed E-state index contributed by atoms with van der Waals surface area (Å²) in [6, 6.07) is 10.1. The van der Waals surface area contributed by atoms with Crippen molar-refractivity contribution in [3.63, 3.8) is 0 Å². The number of nitrogens with one attached hydrogen (secondary N) is 1. The lowest BCUT2D eigenvalue weighted by atomic mass is 10.0. The van der Waals surface area contributed by atoms with E-state index < -0.39 is 11.6 Å². The number of halogens is 2. The van der Waals surface area contributed by atoms with Crippen molar-refractivity contribution in [2.45, 2.75) is 20.4 Å². The minimum atomic E-state index is -0.832. The van der Waals surface area contributed by atoms with Gasteiger partial charge < -0.3 is 5.32 Å². The van der Waals surface area contributed by atoms with Crippen molar-refractivity contribution in [2.75, 3.05) is 5.32 Å². The molecule has 0 spiro atoms. The van der Waals surface area contributed by atoms with Crippen LogP contribution in [-0.4, -0.2) is 0 Å². The van der Waals surface area contributed by atoms with E-state index >= 15 is 0 Å². The number of hydrogen-bond donors (Lipinski definition) is 1. The molecule has 0 bridgehead atoms. The van der Waals surface area contributed by atoms with E-state index in [1.807, 2.05) is 32.0 Å². The van der Waals surface area contributed by atoms with Crippen molar-refractivity contribution in [3.8, 4) is 0 Å². The Hall–Kier alpha value is -1.90. The third-order valence-electron chi connectivity index (χ3n) is 3.05. The highest BCUT2D eigenvalue weighted by molar-refractivity contribution is 5.46. The van der Waals surface area contributed by atoms with Crippen LogP contribution in [0.4, 0.5) is 14.5 Å². The monoisotopic (exact) mass is 247 g/mol. The molecule has 1 nitrogen and oxygen atoms in total. The minimum absolute atomic E-state index is 0.192. The van der Waals surface area contributed by atoms with Crippen molar-refractivity contribution in [1.29, 1.82) is 0 Å². The molecule has 0 aliphatic heterocycles. The van der Waals surface area contributed by atoms with Gasteiger partial charge >= 0.3 is 0 Å². The zero-order valence-electron chi connectivity index (χ0n) is 10.4. The van der Waals surface area contributed by atoms with Crippen LogP contribution < -0.4 is 5.32 Å². The van der Waals surface area contributed by atoms with Crippen LogP contribution in [-0.2, 0) is 6.54 Å².